The van der Waals surface area contributed by atoms with Crippen molar-refractivity contribution in [3.8, 4) is 11.1 Å². The molecule has 0 saturated carbocycles. The zero-order chi connectivity index (χ0) is 15.8. The summed E-state index contributed by atoms with van der Waals surface area (Å²) in [5, 5.41) is 9.09. The molecule has 0 spiro atoms. The first-order chi connectivity index (χ1) is 11.2. The van der Waals surface area contributed by atoms with Crippen LogP contribution in [0.2, 0.25) is 0 Å². The Balaban J connectivity index is 1.79. The molecule has 23 heavy (non-hydrogen) atoms. The molecule has 0 aliphatic carbocycles. The predicted molar refractivity (Wildman–Crippen MR) is 88.0 cm³/mol. The van der Waals surface area contributed by atoms with Gasteiger partial charge in [-0.1, -0.05) is 12.1 Å². The van der Waals surface area contributed by atoms with E-state index >= 15 is 0 Å². The molecule has 0 bridgehead atoms. The fourth-order valence-electron chi connectivity index (χ4n) is 2.53. The number of nitrogens with zero attached hydrogens (tertiary/aromatic N) is 4. The Morgan fingerprint density at radius 2 is 1.96 bits per heavy atom. The molecule has 4 aromatic rings. The molecule has 0 unspecified atom stereocenters. The van der Waals surface area contributed by atoms with Gasteiger partial charge in [0.05, 0.1) is 0 Å². The number of amides is 1. The minimum atomic E-state index is -0.190. The molecule has 0 aliphatic heterocycles. The third-order valence-corrected chi connectivity index (χ3v) is 3.59. The highest BCUT2D eigenvalue weighted by atomic mass is 16.1. The summed E-state index contributed by atoms with van der Waals surface area (Å²) in [7, 11) is 0. The summed E-state index contributed by atoms with van der Waals surface area (Å²) >= 11 is 0. The maximum absolute atomic E-state index is 11.1. The van der Waals surface area contributed by atoms with Crippen molar-refractivity contribution in [1.82, 2.24) is 19.6 Å². The summed E-state index contributed by atoms with van der Waals surface area (Å²) in [4.78, 5) is 19.5. The lowest BCUT2D eigenvalue weighted by molar-refractivity contribution is -0.114. The van der Waals surface area contributed by atoms with Crippen LogP contribution in [0.4, 0.5) is 5.95 Å². The minimum absolute atomic E-state index is 0.190. The van der Waals surface area contributed by atoms with E-state index in [2.05, 4.69) is 32.5 Å². The fourth-order valence-corrected chi connectivity index (χ4v) is 2.53. The van der Waals surface area contributed by atoms with Crippen molar-refractivity contribution >= 4 is 28.3 Å². The second-order valence-corrected chi connectivity index (χ2v) is 5.27. The average molecular weight is 303 g/mol. The molecule has 1 N–H and O–H groups in total. The Kier molecular flexibility index (Phi) is 3.01. The monoisotopic (exact) mass is 303 g/mol. The number of rotatable bonds is 2. The summed E-state index contributed by atoms with van der Waals surface area (Å²) in [6.45, 7) is 1.43. The standard InChI is InChI=1S/C17H13N5O/c1-11(23)19-17-20-16-5-4-15(10-22(16)21-17)12-2-3-14-9-18-7-6-13(14)8-12/h2-10H,1H3,(H,19,21,23). The van der Waals surface area contributed by atoms with Gasteiger partial charge in [-0.2, -0.15) is 4.98 Å². The number of nitrogens with one attached hydrogen (secondary N) is 1. The number of aromatic nitrogens is 4. The zero-order valence-electron chi connectivity index (χ0n) is 12.4. The number of hydrogen-bond donors (Lipinski definition) is 1. The van der Waals surface area contributed by atoms with Gasteiger partial charge in [0.2, 0.25) is 11.9 Å². The van der Waals surface area contributed by atoms with Gasteiger partial charge in [0.1, 0.15) is 0 Å². The number of benzene rings is 1. The Bertz CT molecular complexity index is 1040. The maximum Gasteiger partial charge on any atom is 0.249 e. The van der Waals surface area contributed by atoms with Gasteiger partial charge < -0.3 is 0 Å². The molecule has 112 valence electrons. The van der Waals surface area contributed by atoms with Crippen LogP contribution in [0.25, 0.3) is 27.5 Å². The van der Waals surface area contributed by atoms with Crippen LogP contribution >= 0.6 is 0 Å². The lowest BCUT2D eigenvalue weighted by atomic mass is 10.0. The second kappa shape index (κ2) is 5.17. The van der Waals surface area contributed by atoms with Crippen LogP contribution in [0.3, 0.4) is 0 Å². The topological polar surface area (TPSA) is 72.2 Å². The van der Waals surface area contributed by atoms with Gasteiger partial charge in [-0.3, -0.25) is 15.1 Å². The highest BCUT2D eigenvalue weighted by Crippen LogP contribution is 2.24. The highest BCUT2D eigenvalue weighted by molar-refractivity contribution is 5.87. The van der Waals surface area contributed by atoms with Gasteiger partial charge in [-0.25, -0.2) is 4.52 Å². The maximum atomic E-state index is 11.1. The summed E-state index contributed by atoms with van der Waals surface area (Å²) in [5.74, 6) is 0.114. The van der Waals surface area contributed by atoms with Gasteiger partial charge in [-0.15, -0.1) is 5.10 Å². The molecule has 1 aromatic carbocycles. The Hall–Kier alpha value is -3.28. The third-order valence-electron chi connectivity index (χ3n) is 3.59. The smallest absolute Gasteiger partial charge is 0.249 e. The predicted octanol–water partition coefficient (Wildman–Crippen LogP) is 2.90. The lowest BCUT2D eigenvalue weighted by Crippen LogP contribution is -2.07. The Morgan fingerprint density at radius 1 is 1.09 bits per heavy atom. The van der Waals surface area contributed by atoms with Crippen LogP contribution in [0, 0.1) is 0 Å². The van der Waals surface area contributed by atoms with Crippen LogP contribution in [-0.2, 0) is 4.79 Å². The molecule has 3 aromatic heterocycles. The summed E-state index contributed by atoms with van der Waals surface area (Å²) < 4.78 is 1.66. The van der Waals surface area contributed by atoms with Crippen molar-refractivity contribution in [2.75, 3.05) is 5.32 Å². The molecule has 0 saturated heterocycles. The molecule has 0 atom stereocenters. The number of pyridine rings is 2. The van der Waals surface area contributed by atoms with Crippen LogP contribution in [0.1, 0.15) is 6.92 Å². The van der Waals surface area contributed by atoms with Crippen molar-refractivity contribution in [1.29, 1.82) is 0 Å². The molecule has 6 heteroatoms. The molecule has 6 nitrogen and oxygen atoms in total. The van der Waals surface area contributed by atoms with Crippen molar-refractivity contribution in [2.24, 2.45) is 0 Å². The lowest BCUT2D eigenvalue weighted by Gasteiger charge is -2.04. The zero-order valence-corrected chi connectivity index (χ0v) is 12.4. The van der Waals surface area contributed by atoms with Crippen LogP contribution < -0.4 is 5.32 Å². The summed E-state index contributed by atoms with van der Waals surface area (Å²) in [6.07, 6.45) is 5.53. The van der Waals surface area contributed by atoms with E-state index in [0.29, 0.717) is 11.6 Å². The van der Waals surface area contributed by atoms with E-state index in [-0.39, 0.29) is 5.91 Å². The molecule has 0 fully saturated rings. The fraction of sp³-hybridized carbons (Fsp3) is 0.0588. The number of fused-ring (bicyclic) bond motifs is 2. The average Bonchev–Trinajstić information content (AvgIpc) is 2.94. The van der Waals surface area contributed by atoms with Crippen LogP contribution in [0.15, 0.2) is 55.0 Å². The summed E-state index contributed by atoms with van der Waals surface area (Å²) in [6, 6.07) is 12.1. The van der Waals surface area contributed by atoms with Gasteiger partial charge in [0.25, 0.3) is 0 Å². The van der Waals surface area contributed by atoms with Gasteiger partial charge in [0.15, 0.2) is 5.65 Å². The Labute approximate surface area is 131 Å². The van der Waals surface area contributed by atoms with Crippen molar-refractivity contribution in [2.45, 2.75) is 6.92 Å². The van der Waals surface area contributed by atoms with Crippen LogP contribution in [0.5, 0.6) is 0 Å². The normalized spacial score (nSPS) is 11.0. The molecule has 4 rings (SSSR count). The number of carbonyl (C=O) groups is 1. The minimum Gasteiger partial charge on any atom is -0.293 e. The van der Waals surface area contributed by atoms with E-state index in [9.17, 15) is 4.79 Å². The summed E-state index contributed by atoms with van der Waals surface area (Å²) in [5.41, 5.74) is 2.79. The first kappa shape index (κ1) is 13.4. The van der Waals surface area contributed by atoms with Crippen LogP contribution in [-0.4, -0.2) is 25.5 Å². The van der Waals surface area contributed by atoms with Gasteiger partial charge in [-0.05, 0) is 35.2 Å². The number of hydrogen-bond acceptors (Lipinski definition) is 4. The molecule has 1 amide bonds. The van der Waals surface area contributed by atoms with E-state index in [1.54, 1.807) is 10.7 Å². The molecular weight excluding hydrogens is 290 g/mol. The van der Waals surface area contributed by atoms with Gasteiger partial charge in [0, 0.05) is 36.5 Å². The van der Waals surface area contributed by atoms with E-state index < -0.39 is 0 Å². The number of carbonyl (C=O) groups excluding carboxylic acids is 1. The second-order valence-electron chi connectivity index (χ2n) is 5.27. The molecular formula is C17H13N5O. The Morgan fingerprint density at radius 3 is 2.83 bits per heavy atom. The van der Waals surface area contributed by atoms with E-state index in [0.717, 1.165) is 21.9 Å². The van der Waals surface area contributed by atoms with Crippen molar-refractivity contribution in [3.63, 3.8) is 0 Å². The SMILES string of the molecule is CC(=O)Nc1nc2ccc(-c3ccc4cnccc4c3)cn2n1. The first-order valence-corrected chi connectivity index (χ1v) is 7.17. The third kappa shape index (κ3) is 2.50. The van der Waals surface area contributed by atoms with Crippen molar-refractivity contribution < 1.29 is 4.79 Å². The van der Waals surface area contributed by atoms with Gasteiger partial charge >= 0.3 is 0 Å². The molecule has 0 radical (unpaired) electrons. The first-order valence-electron chi connectivity index (χ1n) is 7.17. The highest BCUT2D eigenvalue weighted by Gasteiger charge is 2.07. The number of anilines is 1. The van der Waals surface area contributed by atoms with E-state index in [1.807, 2.05) is 36.7 Å². The largest absolute Gasteiger partial charge is 0.293 e. The van der Waals surface area contributed by atoms with E-state index in [1.165, 1.54) is 6.92 Å². The van der Waals surface area contributed by atoms with Crippen molar-refractivity contribution in [3.05, 3.63) is 55.0 Å². The quantitative estimate of drug-likeness (QED) is 0.618. The molecule has 3 heterocycles. The molecule has 0 aliphatic rings. The van der Waals surface area contributed by atoms with E-state index in [4.69, 9.17) is 0 Å².